The number of ether oxygens (including phenoxy) is 1. The third-order valence-electron chi connectivity index (χ3n) is 3.46. The Kier molecular flexibility index (Phi) is 4.04. The molecule has 0 aromatic rings. The van der Waals surface area contributed by atoms with E-state index >= 15 is 0 Å². The summed E-state index contributed by atoms with van der Waals surface area (Å²) >= 11 is 0. The van der Waals surface area contributed by atoms with Gasteiger partial charge in [-0.3, -0.25) is 9.59 Å². The highest BCUT2D eigenvalue weighted by Crippen LogP contribution is 2.32. The summed E-state index contributed by atoms with van der Waals surface area (Å²) in [7, 11) is 1.37. The smallest absolute Gasteiger partial charge is 0.328 e. The van der Waals surface area contributed by atoms with Crippen molar-refractivity contribution in [2.24, 2.45) is 5.92 Å². The van der Waals surface area contributed by atoms with Crippen molar-refractivity contribution in [3.63, 3.8) is 0 Å². The molecule has 2 atom stereocenters. The lowest BCUT2D eigenvalue weighted by atomic mass is 10.1. The van der Waals surface area contributed by atoms with Crippen LogP contribution in [0.1, 0.15) is 19.3 Å². The van der Waals surface area contributed by atoms with Crippen LogP contribution in [0.2, 0.25) is 0 Å². The maximum Gasteiger partial charge on any atom is 0.328 e. The summed E-state index contributed by atoms with van der Waals surface area (Å²) in [5.41, 5.74) is 0. The third kappa shape index (κ3) is 3.23. The van der Waals surface area contributed by atoms with Gasteiger partial charge in [0.25, 0.3) is 0 Å². The molecular weight excluding hydrogens is 252 g/mol. The SMILES string of the molecule is COCC(NC(=O)C1CC(=O)N(C2CC2)C1)C(=O)O. The fraction of sp³-hybridized carbons (Fsp3) is 0.750. The maximum atomic E-state index is 12.0. The molecule has 2 rings (SSSR count). The van der Waals surface area contributed by atoms with Gasteiger partial charge in [-0.2, -0.15) is 0 Å². The number of hydrogen-bond donors (Lipinski definition) is 2. The quantitative estimate of drug-likeness (QED) is 0.659. The van der Waals surface area contributed by atoms with Gasteiger partial charge < -0.3 is 20.1 Å². The number of hydrogen-bond acceptors (Lipinski definition) is 4. The van der Waals surface area contributed by atoms with E-state index in [0.29, 0.717) is 12.6 Å². The number of rotatable bonds is 6. The van der Waals surface area contributed by atoms with Crippen LogP contribution in [0.25, 0.3) is 0 Å². The highest BCUT2D eigenvalue weighted by Gasteiger charge is 2.42. The van der Waals surface area contributed by atoms with Crippen LogP contribution in [0, 0.1) is 5.92 Å². The van der Waals surface area contributed by atoms with Gasteiger partial charge in [0.2, 0.25) is 11.8 Å². The predicted molar refractivity (Wildman–Crippen MR) is 64.3 cm³/mol. The van der Waals surface area contributed by atoms with E-state index in [0.717, 1.165) is 12.8 Å². The minimum absolute atomic E-state index is 0.0127. The van der Waals surface area contributed by atoms with Crippen LogP contribution < -0.4 is 5.32 Å². The van der Waals surface area contributed by atoms with E-state index < -0.39 is 17.9 Å². The Morgan fingerprint density at radius 1 is 1.53 bits per heavy atom. The van der Waals surface area contributed by atoms with Crippen LogP contribution in [0.3, 0.4) is 0 Å². The molecule has 7 heteroatoms. The van der Waals surface area contributed by atoms with Crippen molar-refractivity contribution in [1.82, 2.24) is 10.2 Å². The molecule has 1 aliphatic heterocycles. The summed E-state index contributed by atoms with van der Waals surface area (Å²) < 4.78 is 4.75. The molecule has 1 saturated heterocycles. The van der Waals surface area contributed by atoms with Gasteiger partial charge in [0.05, 0.1) is 12.5 Å². The van der Waals surface area contributed by atoms with Crippen molar-refractivity contribution < 1.29 is 24.2 Å². The molecule has 0 aromatic heterocycles. The summed E-state index contributed by atoms with van der Waals surface area (Å²) in [6.45, 7) is 0.308. The van der Waals surface area contributed by atoms with Gasteiger partial charge in [0, 0.05) is 26.1 Å². The van der Waals surface area contributed by atoms with Crippen molar-refractivity contribution in [2.75, 3.05) is 20.3 Å². The fourth-order valence-electron chi connectivity index (χ4n) is 2.28. The average molecular weight is 270 g/mol. The molecule has 0 bridgehead atoms. The molecular formula is C12H18N2O5. The molecule has 0 radical (unpaired) electrons. The molecule has 0 aromatic carbocycles. The third-order valence-corrected chi connectivity index (χ3v) is 3.46. The summed E-state index contributed by atoms with van der Waals surface area (Å²) in [6, 6.07) is -0.776. The molecule has 0 spiro atoms. The molecule has 1 saturated carbocycles. The van der Waals surface area contributed by atoms with E-state index in [1.807, 2.05) is 0 Å². The van der Waals surface area contributed by atoms with Crippen LogP contribution in [0.15, 0.2) is 0 Å². The molecule has 1 aliphatic carbocycles. The fourth-order valence-corrected chi connectivity index (χ4v) is 2.28. The first-order valence-electron chi connectivity index (χ1n) is 6.34. The topological polar surface area (TPSA) is 95.9 Å². The van der Waals surface area contributed by atoms with Crippen molar-refractivity contribution >= 4 is 17.8 Å². The second kappa shape index (κ2) is 5.56. The molecule has 2 fully saturated rings. The zero-order valence-electron chi connectivity index (χ0n) is 10.8. The van der Waals surface area contributed by atoms with E-state index in [2.05, 4.69) is 5.32 Å². The van der Waals surface area contributed by atoms with Gasteiger partial charge in [-0.1, -0.05) is 0 Å². The molecule has 7 nitrogen and oxygen atoms in total. The number of carboxylic acids is 1. The van der Waals surface area contributed by atoms with E-state index in [1.165, 1.54) is 7.11 Å². The Hall–Kier alpha value is -1.63. The van der Waals surface area contributed by atoms with Crippen LogP contribution in [0.4, 0.5) is 0 Å². The number of aliphatic carboxylic acids is 1. The van der Waals surface area contributed by atoms with Gasteiger partial charge >= 0.3 is 5.97 Å². The maximum absolute atomic E-state index is 12.0. The second-order valence-corrected chi connectivity index (χ2v) is 5.03. The second-order valence-electron chi connectivity index (χ2n) is 5.03. The van der Waals surface area contributed by atoms with Gasteiger partial charge in [0.15, 0.2) is 6.04 Å². The van der Waals surface area contributed by atoms with E-state index in [1.54, 1.807) is 4.90 Å². The minimum atomic E-state index is -1.14. The predicted octanol–water partition coefficient (Wildman–Crippen LogP) is -0.787. The summed E-state index contributed by atoms with van der Waals surface area (Å²) in [6.07, 6.45) is 2.17. The monoisotopic (exact) mass is 270 g/mol. The molecule has 1 heterocycles. The Bertz CT molecular complexity index is 394. The Morgan fingerprint density at radius 3 is 2.74 bits per heavy atom. The standard InChI is InChI=1S/C12H18N2O5/c1-19-6-9(12(17)18)13-11(16)7-4-10(15)14(5-7)8-2-3-8/h7-9H,2-6H2,1H3,(H,13,16)(H,17,18). The Labute approximate surface area is 110 Å². The number of carboxylic acid groups (broad SMARTS) is 1. The van der Waals surface area contributed by atoms with Gasteiger partial charge in [-0.15, -0.1) is 0 Å². The lowest BCUT2D eigenvalue weighted by molar-refractivity contribution is -0.143. The van der Waals surface area contributed by atoms with Crippen molar-refractivity contribution in [2.45, 2.75) is 31.3 Å². The van der Waals surface area contributed by atoms with Crippen molar-refractivity contribution in [1.29, 1.82) is 0 Å². The van der Waals surface area contributed by atoms with Crippen LogP contribution in [-0.4, -0.2) is 60.1 Å². The molecule has 2 aliphatic rings. The van der Waals surface area contributed by atoms with Crippen LogP contribution >= 0.6 is 0 Å². The van der Waals surface area contributed by atoms with Gasteiger partial charge in [0.1, 0.15) is 0 Å². The summed E-state index contributed by atoms with van der Waals surface area (Å²) in [5.74, 6) is -1.99. The van der Waals surface area contributed by atoms with Crippen molar-refractivity contribution in [3.8, 4) is 0 Å². The molecule has 106 valence electrons. The highest BCUT2D eigenvalue weighted by atomic mass is 16.5. The lowest BCUT2D eigenvalue weighted by Gasteiger charge is -2.17. The molecule has 2 N–H and O–H groups in total. The molecule has 2 unspecified atom stereocenters. The summed E-state index contributed by atoms with van der Waals surface area (Å²) in [5, 5.41) is 11.3. The Balaban J connectivity index is 1.89. The largest absolute Gasteiger partial charge is 0.480 e. The normalized spacial score (nSPS) is 24.4. The van der Waals surface area contributed by atoms with Gasteiger partial charge in [-0.05, 0) is 12.8 Å². The highest BCUT2D eigenvalue weighted by molar-refractivity contribution is 5.91. The number of nitrogens with zero attached hydrogens (tertiary/aromatic N) is 1. The average Bonchev–Trinajstić information content (AvgIpc) is 3.11. The zero-order valence-corrected chi connectivity index (χ0v) is 10.8. The van der Waals surface area contributed by atoms with Crippen LogP contribution in [0.5, 0.6) is 0 Å². The van der Waals surface area contributed by atoms with Crippen LogP contribution in [-0.2, 0) is 19.1 Å². The first kappa shape index (κ1) is 13.8. The number of likely N-dealkylation sites (tertiary alicyclic amines) is 1. The number of methoxy groups -OCH3 is 1. The lowest BCUT2D eigenvalue weighted by Crippen LogP contribution is -2.46. The number of amides is 2. The van der Waals surface area contributed by atoms with Crippen molar-refractivity contribution in [3.05, 3.63) is 0 Å². The minimum Gasteiger partial charge on any atom is -0.480 e. The molecule has 19 heavy (non-hydrogen) atoms. The first-order chi connectivity index (χ1) is 9.02. The molecule has 2 amide bonds. The number of carbonyl (C=O) groups excluding carboxylic acids is 2. The Morgan fingerprint density at radius 2 is 2.21 bits per heavy atom. The number of nitrogens with one attached hydrogen (secondary N) is 1. The van der Waals surface area contributed by atoms with Gasteiger partial charge in [-0.25, -0.2) is 4.79 Å². The number of carbonyl (C=O) groups is 3. The zero-order chi connectivity index (χ0) is 14.0. The van der Waals surface area contributed by atoms with E-state index in [9.17, 15) is 14.4 Å². The summed E-state index contributed by atoms with van der Waals surface area (Å²) in [4.78, 5) is 36.3. The van der Waals surface area contributed by atoms with E-state index in [-0.39, 0.29) is 24.8 Å². The van der Waals surface area contributed by atoms with E-state index in [4.69, 9.17) is 9.84 Å². The first-order valence-corrected chi connectivity index (χ1v) is 6.34.